The molecule has 0 saturated carbocycles. The number of urea groups is 1. The number of carbonyl (C=O) groups is 2. The Balaban J connectivity index is 1.71. The monoisotopic (exact) mass is 304 g/mol. The molecule has 3 rings (SSSR count). The van der Waals surface area contributed by atoms with Crippen molar-refractivity contribution in [3.63, 3.8) is 0 Å². The number of amides is 3. The zero-order chi connectivity index (χ0) is 14.8. The van der Waals surface area contributed by atoms with E-state index in [4.69, 9.17) is 0 Å². The molecule has 1 aromatic carbocycles. The molecule has 7 heteroatoms. The highest BCUT2D eigenvalue weighted by atomic mass is 32.1. The van der Waals surface area contributed by atoms with Crippen molar-refractivity contribution in [2.75, 3.05) is 32.0 Å². The van der Waals surface area contributed by atoms with Gasteiger partial charge in [-0.1, -0.05) is 23.5 Å². The van der Waals surface area contributed by atoms with E-state index in [1.807, 2.05) is 24.3 Å². The highest BCUT2D eigenvalue weighted by molar-refractivity contribution is 7.22. The van der Waals surface area contributed by atoms with E-state index in [1.165, 1.54) is 16.2 Å². The number of anilines is 1. The number of benzene rings is 1. The van der Waals surface area contributed by atoms with Crippen LogP contribution in [0.2, 0.25) is 0 Å². The molecule has 0 radical (unpaired) electrons. The third-order valence-electron chi connectivity index (χ3n) is 3.47. The summed E-state index contributed by atoms with van der Waals surface area (Å²) in [4.78, 5) is 31.6. The van der Waals surface area contributed by atoms with Crippen LogP contribution in [-0.4, -0.2) is 53.4 Å². The first-order valence-corrected chi connectivity index (χ1v) is 7.60. The molecule has 2 heterocycles. The molecule has 1 N–H and O–H groups in total. The Morgan fingerprint density at radius 1 is 1.33 bits per heavy atom. The van der Waals surface area contributed by atoms with Gasteiger partial charge in [0.1, 0.15) is 6.54 Å². The number of hydrogen-bond acceptors (Lipinski definition) is 4. The van der Waals surface area contributed by atoms with Gasteiger partial charge in [0.05, 0.1) is 10.2 Å². The predicted molar refractivity (Wildman–Crippen MR) is 82.5 cm³/mol. The Hall–Kier alpha value is -2.15. The molecule has 1 aliphatic heterocycles. The Labute approximate surface area is 126 Å². The molecule has 0 bridgehead atoms. The van der Waals surface area contributed by atoms with E-state index in [0.717, 1.165) is 16.6 Å². The molecule has 110 valence electrons. The van der Waals surface area contributed by atoms with Crippen LogP contribution in [0.4, 0.5) is 9.93 Å². The molecule has 6 nitrogen and oxygen atoms in total. The van der Waals surface area contributed by atoms with Gasteiger partial charge in [-0.15, -0.1) is 0 Å². The Morgan fingerprint density at radius 3 is 2.95 bits per heavy atom. The number of nitrogens with one attached hydrogen (secondary N) is 1. The van der Waals surface area contributed by atoms with Gasteiger partial charge in [0.2, 0.25) is 5.91 Å². The van der Waals surface area contributed by atoms with Gasteiger partial charge in [-0.25, -0.2) is 9.78 Å². The number of nitrogens with zero attached hydrogens (tertiary/aromatic N) is 3. The highest BCUT2D eigenvalue weighted by Crippen LogP contribution is 2.25. The maximum Gasteiger partial charge on any atom is 0.324 e. The molecule has 0 aliphatic carbocycles. The van der Waals surface area contributed by atoms with E-state index >= 15 is 0 Å². The summed E-state index contributed by atoms with van der Waals surface area (Å²) in [5, 5.41) is 3.35. The molecule has 1 aromatic heterocycles. The first kappa shape index (κ1) is 13.8. The van der Waals surface area contributed by atoms with Crippen molar-refractivity contribution in [3.05, 3.63) is 24.3 Å². The number of carbonyl (C=O) groups excluding carboxylic acids is 2. The molecule has 0 spiro atoms. The van der Waals surface area contributed by atoms with Crippen molar-refractivity contribution in [2.24, 2.45) is 0 Å². The van der Waals surface area contributed by atoms with Gasteiger partial charge in [-0.3, -0.25) is 10.1 Å². The molecule has 0 unspecified atom stereocenters. The van der Waals surface area contributed by atoms with Crippen molar-refractivity contribution in [1.29, 1.82) is 0 Å². The van der Waals surface area contributed by atoms with Crippen LogP contribution in [0.1, 0.15) is 6.42 Å². The lowest BCUT2D eigenvalue weighted by atomic mass is 10.3. The second-order valence-electron chi connectivity index (χ2n) is 5.01. The van der Waals surface area contributed by atoms with Gasteiger partial charge < -0.3 is 9.80 Å². The van der Waals surface area contributed by atoms with E-state index in [-0.39, 0.29) is 18.5 Å². The summed E-state index contributed by atoms with van der Waals surface area (Å²) in [6.45, 7) is 1.38. The fraction of sp³-hybridized carbons (Fsp3) is 0.357. The smallest absolute Gasteiger partial charge is 0.324 e. The molecule has 1 saturated heterocycles. The largest absolute Gasteiger partial charge is 0.344 e. The minimum atomic E-state index is -0.266. The van der Waals surface area contributed by atoms with Gasteiger partial charge >= 0.3 is 6.03 Å². The van der Waals surface area contributed by atoms with E-state index in [2.05, 4.69) is 10.3 Å². The summed E-state index contributed by atoms with van der Waals surface area (Å²) >= 11 is 1.43. The van der Waals surface area contributed by atoms with Gasteiger partial charge in [0.15, 0.2) is 5.13 Å². The fourth-order valence-electron chi connectivity index (χ4n) is 2.26. The second kappa shape index (κ2) is 5.69. The van der Waals surface area contributed by atoms with E-state index < -0.39 is 0 Å². The number of likely N-dealkylation sites (N-methyl/N-ethyl adjacent to an activating group) is 1. The third kappa shape index (κ3) is 2.97. The third-order valence-corrected chi connectivity index (χ3v) is 4.42. The molecular weight excluding hydrogens is 288 g/mol. The summed E-state index contributed by atoms with van der Waals surface area (Å²) in [5.41, 5.74) is 0.865. The number of aromatic nitrogens is 1. The Bertz CT molecular complexity index is 651. The molecule has 2 aromatic rings. The molecule has 3 amide bonds. The topological polar surface area (TPSA) is 65.5 Å². The summed E-state index contributed by atoms with van der Waals surface area (Å²) in [6.07, 6.45) is 0.787. The first-order chi connectivity index (χ1) is 10.1. The van der Waals surface area contributed by atoms with Crippen LogP contribution in [0.3, 0.4) is 0 Å². The fourth-order valence-corrected chi connectivity index (χ4v) is 3.11. The van der Waals surface area contributed by atoms with Crippen molar-refractivity contribution >= 4 is 38.6 Å². The van der Waals surface area contributed by atoms with Crippen molar-refractivity contribution < 1.29 is 9.59 Å². The lowest BCUT2D eigenvalue weighted by Gasteiger charge is -2.19. The van der Waals surface area contributed by atoms with Gasteiger partial charge in [-0.2, -0.15) is 0 Å². The van der Waals surface area contributed by atoms with Crippen LogP contribution in [0.15, 0.2) is 24.3 Å². The normalized spacial score (nSPS) is 16.1. The number of rotatable bonds is 1. The summed E-state index contributed by atoms with van der Waals surface area (Å²) < 4.78 is 1.03. The maximum absolute atomic E-state index is 12.3. The van der Waals surface area contributed by atoms with Crippen LogP contribution in [0.5, 0.6) is 0 Å². The van der Waals surface area contributed by atoms with Crippen LogP contribution in [-0.2, 0) is 4.79 Å². The number of thiazole rings is 1. The SMILES string of the molecule is CN1CCCN(C(=O)Nc2nc3ccccc3s2)CC1=O. The lowest BCUT2D eigenvalue weighted by Crippen LogP contribution is -2.40. The standard InChI is InChI=1S/C14H16N4O2S/c1-17-7-4-8-18(9-12(17)19)14(20)16-13-15-10-5-2-3-6-11(10)21-13/h2-3,5-6H,4,7-9H2,1H3,(H,15,16,20). The van der Waals surface area contributed by atoms with Crippen molar-refractivity contribution in [3.8, 4) is 0 Å². The number of fused-ring (bicyclic) bond motifs is 1. The second-order valence-corrected chi connectivity index (χ2v) is 6.04. The number of hydrogen-bond donors (Lipinski definition) is 1. The average molecular weight is 304 g/mol. The van der Waals surface area contributed by atoms with Crippen LogP contribution >= 0.6 is 11.3 Å². The van der Waals surface area contributed by atoms with Gasteiger partial charge in [-0.05, 0) is 18.6 Å². The first-order valence-electron chi connectivity index (χ1n) is 6.79. The summed E-state index contributed by atoms with van der Waals surface area (Å²) in [5.74, 6) is -0.0352. The Kier molecular flexibility index (Phi) is 3.74. The maximum atomic E-state index is 12.3. The predicted octanol–water partition coefficient (Wildman–Crippen LogP) is 1.99. The minimum absolute atomic E-state index is 0.0352. The zero-order valence-corrected chi connectivity index (χ0v) is 12.5. The molecular formula is C14H16N4O2S. The molecule has 21 heavy (non-hydrogen) atoms. The molecule has 1 fully saturated rings. The van der Waals surface area contributed by atoms with Crippen LogP contribution in [0, 0.1) is 0 Å². The van der Waals surface area contributed by atoms with Gasteiger partial charge in [0.25, 0.3) is 0 Å². The highest BCUT2D eigenvalue weighted by Gasteiger charge is 2.23. The quantitative estimate of drug-likeness (QED) is 0.876. The summed E-state index contributed by atoms with van der Waals surface area (Å²) in [7, 11) is 1.76. The van der Waals surface area contributed by atoms with E-state index in [1.54, 1.807) is 11.9 Å². The zero-order valence-electron chi connectivity index (χ0n) is 11.7. The lowest BCUT2D eigenvalue weighted by molar-refractivity contribution is -0.129. The van der Waals surface area contributed by atoms with Crippen LogP contribution < -0.4 is 5.32 Å². The number of para-hydroxylation sites is 1. The summed E-state index contributed by atoms with van der Waals surface area (Å²) in [6, 6.07) is 7.46. The Morgan fingerprint density at radius 2 is 2.14 bits per heavy atom. The van der Waals surface area contributed by atoms with Gasteiger partial charge in [0, 0.05) is 20.1 Å². The van der Waals surface area contributed by atoms with Crippen molar-refractivity contribution in [1.82, 2.24) is 14.8 Å². The average Bonchev–Trinajstić information content (AvgIpc) is 2.79. The molecule has 0 atom stereocenters. The van der Waals surface area contributed by atoms with E-state index in [0.29, 0.717) is 18.2 Å². The van der Waals surface area contributed by atoms with Crippen molar-refractivity contribution in [2.45, 2.75) is 6.42 Å². The molecule has 1 aliphatic rings. The van der Waals surface area contributed by atoms with E-state index in [9.17, 15) is 9.59 Å². The minimum Gasteiger partial charge on any atom is -0.344 e. The van der Waals surface area contributed by atoms with Crippen LogP contribution in [0.25, 0.3) is 10.2 Å².